The van der Waals surface area contributed by atoms with Crippen LogP contribution in [-0.4, -0.2) is 58.3 Å². The van der Waals surface area contributed by atoms with Gasteiger partial charge in [-0.3, -0.25) is 19.7 Å². The Hall–Kier alpha value is -3.16. The van der Waals surface area contributed by atoms with Crippen molar-refractivity contribution >= 4 is 29.9 Å². The lowest BCUT2D eigenvalue weighted by Crippen LogP contribution is -2.52. The summed E-state index contributed by atoms with van der Waals surface area (Å²) in [4.78, 5) is 53.0. The third kappa shape index (κ3) is 4.77. The summed E-state index contributed by atoms with van der Waals surface area (Å²) in [7, 11) is 0. The molecule has 0 radical (unpaired) electrons. The van der Waals surface area contributed by atoms with Crippen molar-refractivity contribution < 1.29 is 23.9 Å². The molecule has 0 bridgehead atoms. The van der Waals surface area contributed by atoms with Crippen molar-refractivity contribution in [2.45, 2.75) is 83.9 Å². The number of likely N-dealkylation sites (tertiary alicyclic amines) is 1. The molecular weight excluding hydrogens is 458 g/mol. The smallest absolute Gasteiger partial charge is 0.410 e. The van der Waals surface area contributed by atoms with Gasteiger partial charge in [-0.2, -0.15) is 0 Å². The standard InChI is InChI=1S/C28H35N3O5/c1-27(2,3)36-26(35)30-14-13-28(17-30)11-9-18(10-12-28)15-19-5-4-6-20-21(19)16-31(25(20)34)22-7-8-23(32)29-24(22)33/h4-6,15,22H,7-14,16-17H2,1-3H3,(H,29,32,33). The number of nitrogens with one attached hydrogen (secondary N) is 1. The van der Waals surface area contributed by atoms with Gasteiger partial charge in [-0.1, -0.05) is 23.8 Å². The zero-order valence-electron chi connectivity index (χ0n) is 21.4. The molecule has 1 N–H and O–H groups in total. The van der Waals surface area contributed by atoms with Crippen LogP contribution in [0, 0.1) is 5.41 Å². The Morgan fingerprint density at radius 3 is 2.56 bits per heavy atom. The second-order valence-electron chi connectivity index (χ2n) is 11.7. The summed E-state index contributed by atoms with van der Waals surface area (Å²) in [6, 6.07) is 5.16. The molecule has 0 aromatic heterocycles. The number of hydrogen-bond acceptors (Lipinski definition) is 5. The zero-order valence-corrected chi connectivity index (χ0v) is 21.4. The number of rotatable bonds is 2. The fraction of sp³-hybridized carbons (Fsp3) is 0.571. The number of piperidine rings is 1. The SMILES string of the molecule is CC(C)(C)OC(=O)N1CCC2(CCC(=Cc3cccc4c3CN(C3CCC(=O)NC3=O)C4=O)CC2)C1. The normalized spacial score (nSPS) is 26.4. The predicted molar refractivity (Wildman–Crippen MR) is 134 cm³/mol. The molecule has 3 aliphatic heterocycles. The molecule has 5 rings (SSSR count). The Kier molecular flexibility index (Phi) is 6.17. The third-order valence-corrected chi connectivity index (χ3v) is 8.02. The number of benzene rings is 1. The Morgan fingerprint density at radius 1 is 1.11 bits per heavy atom. The molecular formula is C28H35N3O5. The van der Waals surface area contributed by atoms with Crippen LogP contribution < -0.4 is 5.32 Å². The number of ether oxygens (including phenoxy) is 1. The number of allylic oxidation sites excluding steroid dienone is 1. The number of carbonyl (C=O) groups excluding carboxylic acids is 4. The van der Waals surface area contributed by atoms with E-state index in [0.29, 0.717) is 18.5 Å². The van der Waals surface area contributed by atoms with E-state index >= 15 is 0 Å². The van der Waals surface area contributed by atoms with Crippen LogP contribution in [0.3, 0.4) is 0 Å². The van der Waals surface area contributed by atoms with Gasteiger partial charge in [0.15, 0.2) is 0 Å². The van der Waals surface area contributed by atoms with E-state index in [0.717, 1.165) is 56.3 Å². The van der Waals surface area contributed by atoms with Crippen LogP contribution in [0.1, 0.15) is 87.2 Å². The minimum Gasteiger partial charge on any atom is -0.444 e. The maximum absolute atomic E-state index is 13.1. The molecule has 1 aromatic carbocycles. The highest BCUT2D eigenvalue weighted by molar-refractivity contribution is 6.05. The van der Waals surface area contributed by atoms with Crippen LogP contribution >= 0.6 is 0 Å². The monoisotopic (exact) mass is 493 g/mol. The van der Waals surface area contributed by atoms with E-state index in [4.69, 9.17) is 4.74 Å². The van der Waals surface area contributed by atoms with E-state index < -0.39 is 11.6 Å². The van der Waals surface area contributed by atoms with Gasteiger partial charge in [0.1, 0.15) is 11.6 Å². The van der Waals surface area contributed by atoms with E-state index in [1.165, 1.54) is 5.57 Å². The van der Waals surface area contributed by atoms with Gasteiger partial charge in [0.25, 0.3) is 5.91 Å². The van der Waals surface area contributed by atoms with Gasteiger partial charge >= 0.3 is 6.09 Å². The average Bonchev–Trinajstić information content (AvgIpc) is 3.37. The molecule has 1 spiro atoms. The fourth-order valence-electron chi connectivity index (χ4n) is 6.04. The van der Waals surface area contributed by atoms with Gasteiger partial charge in [-0.15, -0.1) is 0 Å². The summed E-state index contributed by atoms with van der Waals surface area (Å²) in [6.07, 6.45) is 7.63. The highest BCUT2D eigenvalue weighted by Crippen LogP contribution is 2.46. The summed E-state index contributed by atoms with van der Waals surface area (Å²) in [5, 5.41) is 2.36. The lowest BCUT2D eigenvalue weighted by Gasteiger charge is -2.35. The third-order valence-electron chi connectivity index (χ3n) is 8.02. The number of nitrogens with zero attached hydrogens (tertiary/aromatic N) is 2. The number of carbonyl (C=O) groups is 4. The maximum Gasteiger partial charge on any atom is 0.410 e. The van der Waals surface area contributed by atoms with Gasteiger partial charge < -0.3 is 14.5 Å². The van der Waals surface area contributed by atoms with Crippen LogP contribution in [0.15, 0.2) is 23.8 Å². The number of hydrogen-bond donors (Lipinski definition) is 1. The summed E-state index contributed by atoms with van der Waals surface area (Å²) in [6.45, 7) is 7.57. The lowest BCUT2D eigenvalue weighted by molar-refractivity contribution is -0.136. The van der Waals surface area contributed by atoms with Crippen molar-refractivity contribution in [3.8, 4) is 0 Å². The number of amides is 4. The number of fused-ring (bicyclic) bond motifs is 1. The summed E-state index contributed by atoms with van der Waals surface area (Å²) in [5.41, 5.74) is 3.66. The first-order valence-corrected chi connectivity index (χ1v) is 13.0. The van der Waals surface area contributed by atoms with Crippen molar-refractivity contribution in [1.82, 2.24) is 15.1 Å². The average molecular weight is 494 g/mol. The second kappa shape index (κ2) is 9.05. The topological polar surface area (TPSA) is 96.0 Å². The molecule has 1 atom stereocenters. The molecule has 1 unspecified atom stereocenters. The van der Waals surface area contributed by atoms with Crippen molar-refractivity contribution in [3.63, 3.8) is 0 Å². The Balaban J connectivity index is 1.25. The largest absolute Gasteiger partial charge is 0.444 e. The van der Waals surface area contributed by atoms with E-state index in [9.17, 15) is 19.2 Å². The number of imide groups is 1. The molecule has 36 heavy (non-hydrogen) atoms. The summed E-state index contributed by atoms with van der Waals surface area (Å²) in [5.74, 6) is -0.810. The van der Waals surface area contributed by atoms with Crippen molar-refractivity contribution in [2.24, 2.45) is 5.41 Å². The van der Waals surface area contributed by atoms with Gasteiger partial charge in [0.2, 0.25) is 11.8 Å². The van der Waals surface area contributed by atoms with Gasteiger partial charge in [0.05, 0.1) is 0 Å². The molecule has 1 aromatic rings. The Labute approximate surface area is 212 Å². The highest BCUT2D eigenvalue weighted by Gasteiger charge is 2.43. The molecule has 3 heterocycles. The summed E-state index contributed by atoms with van der Waals surface area (Å²) >= 11 is 0. The first kappa shape index (κ1) is 24.5. The maximum atomic E-state index is 13.1. The van der Waals surface area contributed by atoms with E-state index in [2.05, 4.69) is 11.4 Å². The molecule has 1 saturated carbocycles. The van der Waals surface area contributed by atoms with Gasteiger partial charge in [-0.05, 0) is 81.9 Å². The minimum absolute atomic E-state index is 0.143. The molecule has 8 nitrogen and oxygen atoms in total. The van der Waals surface area contributed by atoms with Crippen molar-refractivity contribution in [3.05, 3.63) is 40.5 Å². The molecule has 4 aliphatic rings. The molecule has 4 amide bonds. The molecule has 1 aliphatic carbocycles. The quantitative estimate of drug-likeness (QED) is 0.628. The zero-order chi connectivity index (χ0) is 25.7. The van der Waals surface area contributed by atoms with Crippen LogP contribution in [0.5, 0.6) is 0 Å². The summed E-state index contributed by atoms with van der Waals surface area (Å²) < 4.78 is 5.57. The predicted octanol–water partition coefficient (Wildman–Crippen LogP) is 4.03. The molecule has 2 saturated heterocycles. The van der Waals surface area contributed by atoms with E-state index in [1.807, 2.05) is 43.9 Å². The molecule has 8 heteroatoms. The minimum atomic E-state index is -0.604. The van der Waals surface area contributed by atoms with Crippen molar-refractivity contribution in [1.29, 1.82) is 0 Å². The lowest BCUT2D eigenvalue weighted by atomic mass is 9.71. The van der Waals surface area contributed by atoms with Crippen LogP contribution in [-0.2, 0) is 20.9 Å². The Bertz CT molecular complexity index is 1140. The van der Waals surface area contributed by atoms with Crippen LogP contribution in [0.2, 0.25) is 0 Å². The van der Waals surface area contributed by atoms with Gasteiger partial charge in [-0.25, -0.2) is 4.79 Å². The molecule has 3 fully saturated rings. The van der Waals surface area contributed by atoms with Crippen LogP contribution in [0.4, 0.5) is 4.79 Å². The Morgan fingerprint density at radius 2 is 1.86 bits per heavy atom. The highest BCUT2D eigenvalue weighted by atomic mass is 16.6. The van der Waals surface area contributed by atoms with Crippen molar-refractivity contribution in [2.75, 3.05) is 13.1 Å². The second-order valence-corrected chi connectivity index (χ2v) is 11.7. The van der Waals surface area contributed by atoms with E-state index in [-0.39, 0.29) is 35.7 Å². The van der Waals surface area contributed by atoms with E-state index in [1.54, 1.807) is 4.90 Å². The van der Waals surface area contributed by atoms with Crippen LogP contribution in [0.25, 0.3) is 6.08 Å². The van der Waals surface area contributed by atoms with Gasteiger partial charge in [0, 0.05) is 31.6 Å². The first-order valence-electron chi connectivity index (χ1n) is 13.0. The first-order chi connectivity index (χ1) is 17.0. The molecule has 192 valence electrons. The fourth-order valence-corrected chi connectivity index (χ4v) is 6.04.